The molecule has 1 saturated carbocycles. The largest absolute Gasteiger partial charge is 0.507 e. The minimum atomic E-state index is -0.761. The number of carbonyl (C=O) groups excluding carboxylic acids is 1. The molecule has 16 heavy (non-hydrogen) atoms. The number of benzene rings is 1. The number of phenolic OH excluding ortho intramolecular Hbond substituents is 1. The zero-order chi connectivity index (χ0) is 11.8. The number of aliphatic imine (C=N–C) groups is 1. The topological polar surface area (TPSA) is 49.7 Å². The van der Waals surface area contributed by atoms with Crippen molar-refractivity contribution in [1.29, 1.82) is 0 Å². The Balaban J connectivity index is 2.54. The Morgan fingerprint density at radius 2 is 2.19 bits per heavy atom. The maximum atomic E-state index is 13.1. The summed E-state index contributed by atoms with van der Waals surface area (Å²) in [5.41, 5.74) is -0.364. The molecule has 2 rings (SSSR count). The molecule has 0 unspecified atom stereocenters. The number of aromatic hydroxyl groups is 1. The van der Waals surface area contributed by atoms with Gasteiger partial charge in [-0.15, -0.1) is 0 Å². The number of hydrogen-bond donors (Lipinski definition) is 1. The normalized spacial score (nSPS) is 17.4. The van der Waals surface area contributed by atoms with Crippen LogP contribution in [0.2, 0.25) is 5.02 Å². The van der Waals surface area contributed by atoms with Crippen LogP contribution in [-0.2, 0) is 10.3 Å². The van der Waals surface area contributed by atoms with Gasteiger partial charge in [-0.25, -0.2) is 9.18 Å². The molecule has 1 aliphatic carbocycles. The lowest BCUT2D eigenvalue weighted by Gasteiger charge is -2.37. The summed E-state index contributed by atoms with van der Waals surface area (Å²) in [4.78, 5) is 14.1. The monoisotopic (exact) mass is 241 g/mol. The first-order valence-corrected chi connectivity index (χ1v) is 5.24. The van der Waals surface area contributed by atoms with Crippen LogP contribution < -0.4 is 0 Å². The number of halogens is 2. The fourth-order valence-corrected chi connectivity index (χ4v) is 2.11. The van der Waals surface area contributed by atoms with E-state index in [1.54, 1.807) is 0 Å². The van der Waals surface area contributed by atoms with Crippen molar-refractivity contribution in [1.82, 2.24) is 0 Å². The van der Waals surface area contributed by atoms with Crippen LogP contribution in [0.3, 0.4) is 0 Å². The average Bonchev–Trinajstić information content (AvgIpc) is 2.18. The summed E-state index contributed by atoms with van der Waals surface area (Å²) in [5.74, 6) is -0.909. The van der Waals surface area contributed by atoms with E-state index in [9.17, 15) is 14.3 Å². The lowest BCUT2D eigenvalue weighted by molar-refractivity contribution is 0.247. The fourth-order valence-electron chi connectivity index (χ4n) is 1.95. The summed E-state index contributed by atoms with van der Waals surface area (Å²) >= 11 is 5.65. The van der Waals surface area contributed by atoms with Crippen molar-refractivity contribution in [3.8, 4) is 5.75 Å². The third kappa shape index (κ3) is 1.60. The highest BCUT2D eigenvalue weighted by Gasteiger charge is 2.41. The van der Waals surface area contributed by atoms with Gasteiger partial charge in [0, 0.05) is 11.6 Å². The van der Waals surface area contributed by atoms with Gasteiger partial charge in [-0.3, -0.25) is 0 Å². The number of nitrogens with zero attached hydrogens (tertiary/aromatic N) is 1. The number of phenols is 1. The van der Waals surface area contributed by atoms with Crippen molar-refractivity contribution in [2.24, 2.45) is 4.99 Å². The predicted octanol–water partition coefficient (Wildman–Crippen LogP) is 2.90. The Labute approximate surface area is 96.6 Å². The molecule has 0 saturated heterocycles. The van der Waals surface area contributed by atoms with E-state index in [4.69, 9.17) is 11.6 Å². The quantitative estimate of drug-likeness (QED) is 0.639. The van der Waals surface area contributed by atoms with Crippen LogP contribution in [0, 0.1) is 5.82 Å². The van der Waals surface area contributed by atoms with Crippen LogP contribution in [0.1, 0.15) is 24.8 Å². The van der Waals surface area contributed by atoms with Crippen LogP contribution in [0.25, 0.3) is 0 Å². The van der Waals surface area contributed by atoms with E-state index in [1.165, 1.54) is 12.1 Å². The highest BCUT2D eigenvalue weighted by Crippen LogP contribution is 2.48. The van der Waals surface area contributed by atoms with E-state index < -0.39 is 11.4 Å². The number of rotatable bonds is 2. The molecule has 1 fully saturated rings. The van der Waals surface area contributed by atoms with Crippen molar-refractivity contribution in [2.75, 3.05) is 0 Å². The third-order valence-corrected chi connectivity index (χ3v) is 3.27. The SMILES string of the molecule is O=C=NC1(c2cc(Cl)c(F)cc2O)CCC1. The summed E-state index contributed by atoms with van der Waals surface area (Å²) in [6.45, 7) is 0. The standard InChI is InChI=1S/C11H9ClFNO2/c12-8-4-7(10(16)5-9(8)13)11(14-6-15)2-1-3-11/h4-5,16H,1-3H2. The molecular formula is C11H9ClFNO2. The van der Waals surface area contributed by atoms with E-state index in [0.717, 1.165) is 12.5 Å². The van der Waals surface area contributed by atoms with E-state index in [-0.39, 0.29) is 10.8 Å². The molecule has 1 N–H and O–H groups in total. The lowest BCUT2D eigenvalue weighted by Crippen LogP contribution is -2.32. The van der Waals surface area contributed by atoms with Crippen molar-refractivity contribution < 1.29 is 14.3 Å². The van der Waals surface area contributed by atoms with Gasteiger partial charge in [-0.1, -0.05) is 11.6 Å². The number of hydrogen-bond acceptors (Lipinski definition) is 3. The maximum absolute atomic E-state index is 13.1. The average molecular weight is 242 g/mol. The second-order valence-electron chi connectivity index (χ2n) is 3.87. The first kappa shape index (κ1) is 11.1. The van der Waals surface area contributed by atoms with Crippen molar-refractivity contribution in [2.45, 2.75) is 24.8 Å². The third-order valence-electron chi connectivity index (χ3n) is 2.98. The molecule has 0 radical (unpaired) electrons. The van der Waals surface area contributed by atoms with E-state index in [1.807, 2.05) is 0 Å². The molecule has 0 bridgehead atoms. The second-order valence-corrected chi connectivity index (χ2v) is 4.28. The van der Waals surface area contributed by atoms with Gasteiger partial charge in [0.05, 0.1) is 5.02 Å². The van der Waals surface area contributed by atoms with Gasteiger partial charge < -0.3 is 5.11 Å². The summed E-state index contributed by atoms with van der Waals surface area (Å²) in [7, 11) is 0. The molecule has 0 heterocycles. The van der Waals surface area contributed by atoms with Gasteiger partial charge >= 0.3 is 0 Å². The fraction of sp³-hybridized carbons (Fsp3) is 0.364. The zero-order valence-electron chi connectivity index (χ0n) is 8.33. The van der Waals surface area contributed by atoms with Crippen LogP contribution in [-0.4, -0.2) is 11.2 Å². The van der Waals surface area contributed by atoms with Gasteiger partial charge in [0.1, 0.15) is 17.1 Å². The minimum Gasteiger partial charge on any atom is -0.507 e. The van der Waals surface area contributed by atoms with Crippen LogP contribution in [0.5, 0.6) is 5.75 Å². The molecule has 0 spiro atoms. The summed E-state index contributed by atoms with van der Waals surface area (Å²) in [5, 5.41) is 9.57. The minimum absolute atomic E-state index is 0.0832. The van der Waals surface area contributed by atoms with Gasteiger partial charge in [0.2, 0.25) is 6.08 Å². The molecule has 0 atom stereocenters. The van der Waals surface area contributed by atoms with Gasteiger partial charge in [-0.2, -0.15) is 4.99 Å². The summed E-state index contributed by atoms with van der Waals surface area (Å²) in [6.07, 6.45) is 3.67. The Morgan fingerprint density at radius 3 is 2.69 bits per heavy atom. The van der Waals surface area contributed by atoms with Crippen molar-refractivity contribution in [3.05, 3.63) is 28.5 Å². The predicted molar refractivity (Wildman–Crippen MR) is 56.7 cm³/mol. The summed E-state index contributed by atoms with van der Waals surface area (Å²) < 4.78 is 13.1. The van der Waals surface area contributed by atoms with Gasteiger partial charge in [0.15, 0.2) is 0 Å². The van der Waals surface area contributed by atoms with E-state index >= 15 is 0 Å². The zero-order valence-corrected chi connectivity index (χ0v) is 9.09. The lowest BCUT2D eigenvalue weighted by atomic mass is 9.72. The van der Waals surface area contributed by atoms with E-state index in [2.05, 4.69) is 4.99 Å². The molecule has 1 aliphatic rings. The first-order valence-electron chi connectivity index (χ1n) is 4.86. The first-order chi connectivity index (χ1) is 7.59. The van der Waals surface area contributed by atoms with E-state index in [0.29, 0.717) is 18.4 Å². The van der Waals surface area contributed by atoms with Gasteiger partial charge in [-0.05, 0) is 25.3 Å². The molecule has 1 aromatic rings. The van der Waals surface area contributed by atoms with Crippen molar-refractivity contribution >= 4 is 17.7 Å². The molecule has 1 aromatic carbocycles. The molecule has 84 valence electrons. The number of isocyanates is 1. The molecular weight excluding hydrogens is 233 g/mol. The smallest absolute Gasteiger partial charge is 0.235 e. The summed E-state index contributed by atoms with van der Waals surface area (Å²) in [6, 6.07) is 2.27. The Kier molecular flexibility index (Phi) is 2.70. The maximum Gasteiger partial charge on any atom is 0.235 e. The van der Waals surface area contributed by atoms with Crippen LogP contribution >= 0.6 is 11.6 Å². The molecule has 0 aliphatic heterocycles. The van der Waals surface area contributed by atoms with Crippen LogP contribution in [0.4, 0.5) is 4.39 Å². The van der Waals surface area contributed by atoms with Gasteiger partial charge in [0.25, 0.3) is 0 Å². The molecule has 5 heteroatoms. The Bertz CT molecular complexity index is 479. The molecule has 0 aromatic heterocycles. The Morgan fingerprint density at radius 1 is 1.50 bits per heavy atom. The molecule has 3 nitrogen and oxygen atoms in total. The molecule has 0 amide bonds. The second kappa shape index (κ2) is 3.89. The van der Waals surface area contributed by atoms with Crippen molar-refractivity contribution in [3.63, 3.8) is 0 Å². The highest BCUT2D eigenvalue weighted by molar-refractivity contribution is 6.30. The van der Waals surface area contributed by atoms with Crippen LogP contribution in [0.15, 0.2) is 17.1 Å². The highest BCUT2D eigenvalue weighted by atomic mass is 35.5. The Hall–Kier alpha value is -1.38.